The number of hydrazine groups is 1. The van der Waals surface area contributed by atoms with Gasteiger partial charge in [-0.25, -0.2) is 5.01 Å². The van der Waals surface area contributed by atoms with Gasteiger partial charge in [0.05, 0.1) is 6.42 Å². The van der Waals surface area contributed by atoms with Crippen LogP contribution < -0.4 is 10.6 Å². The van der Waals surface area contributed by atoms with Crippen LogP contribution in [0.4, 0.5) is 5.69 Å². The quantitative estimate of drug-likeness (QED) is 0.774. The molecule has 27 heavy (non-hydrogen) atoms. The van der Waals surface area contributed by atoms with E-state index in [0.29, 0.717) is 5.69 Å². The second-order valence-electron chi connectivity index (χ2n) is 7.10. The summed E-state index contributed by atoms with van der Waals surface area (Å²) in [7, 11) is 0. The molecule has 8 heteroatoms. The lowest BCUT2D eigenvalue weighted by atomic mass is 10.00. The van der Waals surface area contributed by atoms with Gasteiger partial charge in [0.2, 0.25) is 17.7 Å². The SMILES string of the molecule is CC1(C)C(=O)NC(=S)N2C(=O)C[C@@H](C(=O)Nc3cccc4ccccc34)N21. The highest BCUT2D eigenvalue weighted by molar-refractivity contribution is 7.80. The third-order valence-electron chi connectivity index (χ3n) is 5.01. The van der Waals surface area contributed by atoms with Crippen molar-refractivity contribution >= 4 is 51.5 Å². The smallest absolute Gasteiger partial charge is 0.248 e. The molecule has 2 fully saturated rings. The number of carbonyl (C=O) groups excluding carboxylic acids is 3. The Morgan fingerprint density at radius 3 is 2.67 bits per heavy atom. The Morgan fingerprint density at radius 2 is 1.89 bits per heavy atom. The summed E-state index contributed by atoms with van der Waals surface area (Å²) in [4.78, 5) is 37.9. The molecule has 0 radical (unpaired) electrons. The van der Waals surface area contributed by atoms with E-state index < -0.39 is 11.6 Å². The fraction of sp³-hybridized carbons (Fsp3) is 0.263. The highest BCUT2D eigenvalue weighted by atomic mass is 32.1. The molecule has 3 amide bonds. The summed E-state index contributed by atoms with van der Waals surface area (Å²) >= 11 is 5.13. The van der Waals surface area contributed by atoms with Crippen LogP contribution in [0.1, 0.15) is 20.3 Å². The number of thiocarbonyl (C=S) groups is 1. The van der Waals surface area contributed by atoms with Gasteiger partial charge in [-0.05, 0) is 37.5 Å². The van der Waals surface area contributed by atoms with Crippen molar-refractivity contribution in [2.24, 2.45) is 0 Å². The van der Waals surface area contributed by atoms with Crippen molar-refractivity contribution in [2.75, 3.05) is 5.32 Å². The molecule has 2 aliphatic heterocycles. The Kier molecular flexibility index (Phi) is 3.97. The normalized spacial score (nSPS) is 21.9. The van der Waals surface area contributed by atoms with Gasteiger partial charge in [-0.1, -0.05) is 36.4 Å². The van der Waals surface area contributed by atoms with Crippen molar-refractivity contribution in [1.82, 2.24) is 15.3 Å². The zero-order chi connectivity index (χ0) is 19.3. The third-order valence-corrected chi connectivity index (χ3v) is 5.28. The molecule has 2 heterocycles. The molecule has 138 valence electrons. The lowest BCUT2D eigenvalue weighted by molar-refractivity contribution is -0.154. The number of anilines is 1. The van der Waals surface area contributed by atoms with Gasteiger partial charge < -0.3 is 5.32 Å². The molecule has 7 nitrogen and oxygen atoms in total. The number of amides is 3. The zero-order valence-corrected chi connectivity index (χ0v) is 15.7. The fourth-order valence-corrected chi connectivity index (χ4v) is 3.89. The van der Waals surface area contributed by atoms with Gasteiger partial charge in [0.1, 0.15) is 11.6 Å². The largest absolute Gasteiger partial charge is 0.324 e. The predicted molar refractivity (Wildman–Crippen MR) is 104 cm³/mol. The molecule has 0 aliphatic carbocycles. The highest BCUT2D eigenvalue weighted by Gasteiger charge is 2.56. The number of fused-ring (bicyclic) bond motifs is 2. The second-order valence-corrected chi connectivity index (χ2v) is 7.49. The molecule has 4 rings (SSSR count). The first-order valence-electron chi connectivity index (χ1n) is 8.57. The topological polar surface area (TPSA) is 81.8 Å². The van der Waals surface area contributed by atoms with E-state index in [4.69, 9.17) is 12.2 Å². The average molecular weight is 382 g/mol. The van der Waals surface area contributed by atoms with Crippen LogP contribution >= 0.6 is 12.2 Å². The summed E-state index contributed by atoms with van der Waals surface area (Å²) in [6.45, 7) is 3.32. The first-order valence-corrected chi connectivity index (χ1v) is 8.98. The zero-order valence-electron chi connectivity index (χ0n) is 14.9. The lowest BCUT2D eigenvalue weighted by Crippen LogP contribution is -2.71. The maximum absolute atomic E-state index is 13.1. The number of hydrogen-bond acceptors (Lipinski definition) is 5. The van der Waals surface area contributed by atoms with Crippen LogP contribution in [-0.4, -0.2) is 44.4 Å². The van der Waals surface area contributed by atoms with Gasteiger partial charge in [-0.2, -0.15) is 5.01 Å². The van der Waals surface area contributed by atoms with E-state index in [1.807, 2.05) is 42.5 Å². The minimum Gasteiger partial charge on any atom is -0.324 e. The molecule has 0 aromatic heterocycles. The Labute approximate surface area is 161 Å². The first kappa shape index (κ1) is 17.6. The second kappa shape index (κ2) is 6.11. The van der Waals surface area contributed by atoms with Crippen LogP contribution in [0.3, 0.4) is 0 Å². The van der Waals surface area contributed by atoms with Gasteiger partial charge in [0, 0.05) is 11.1 Å². The minimum absolute atomic E-state index is 0.00443. The van der Waals surface area contributed by atoms with Crippen LogP contribution in [0.2, 0.25) is 0 Å². The van der Waals surface area contributed by atoms with Gasteiger partial charge in [0.25, 0.3) is 0 Å². The fourth-order valence-electron chi connectivity index (χ4n) is 3.61. The van der Waals surface area contributed by atoms with Gasteiger partial charge in [-0.15, -0.1) is 0 Å². The van der Waals surface area contributed by atoms with E-state index >= 15 is 0 Å². The van der Waals surface area contributed by atoms with Crippen molar-refractivity contribution in [1.29, 1.82) is 0 Å². The van der Waals surface area contributed by atoms with E-state index in [-0.39, 0.29) is 29.3 Å². The molecule has 0 saturated carbocycles. The molecule has 2 saturated heterocycles. The minimum atomic E-state index is -1.09. The van der Waals surface area contributed by atoms with E-state index in [1.165, 1.54) is 10.0 Å². The van der Waals surface area contributed by atoms with E-state index in [0.717, 1.165) is 10.8 Å². The van der Waals surface area contributed by atoms with Gasteiger partial charge in [-0.3, -0.25) is 19.7 Å². The number of benzene rings is 2. The van der Waals surface area contributed by atoms with E-state index in [9.17, 15) is 14.4 Å². The molecule has 2 aliphatic rings. The lowest BCUT2D eigenvalue weighted by Gasteiger charge is -2.45. The number of hydrogen-bond donors (Lipinski definition) is 2. The van der Waals surface area contributed by atoms with Crippen LogP contribution in [0.15, 0.2) is 42.5 Å². The van der Waals surface area contributed by atoms with E-state index in [2.05, 4.69) is 10.6 Å². The van der Waals surface area contributed by atoms with Crippen LogP contribution in [0.25, 0.3) is 10.8 Å². The summed E-state index contributed by atoms with van der Waals surface area (Å²) < 4.78 is 0. The maximum atomic E-state index is 13.1. The molecule has 2 aromatic rings. The van der Waals surface area contributed by atoms with Crippen LogP contribution in [-0.2, 0) is 14.4 Å². The highest BCUT2D eigenvalue weighted by Crippen LogP contribution is 2.33. The summed E-state index contributed by atoms with van der Waals surface area (Å²) in [5.74, 6) is -1.01. The third kappa shape index (κ3) is 2.68. The van der Waals surface area contributed by atoms with Crippen LogP contribution in [0.5, 0.6) is 0 Å². The number of nitrogens with one attached hydrogen (secondary N) is 2. The summed E-state index contributed by atoms with van der Waals surface area (Å²) in [6.07, 6.45) is -0.0465. The first-order chi connectivity index (χ1) is 12.8. The van der Waals surface area contributed by atoms with Crippen molar-refractivity contribution in [2.45, 2.75) is 31.8 Å². The molecular weight excluding hydrogens is 364 g/mol. The monoisotopic (exact) mass is 382 g/mol. The molecule has 2 aromatic carbocycles. The molecule has 0 spiro atoms. The molecule has 0 unspecified atom stereocenters. The van der Waals surface area contributed by atoms with Crippen LogP contribution in [0, 0.1) is 0 Å². The Balaban J connectivity index is 1.68. The summed E-state index contributed by atoms with van der Waals surface area (Å²) in [6, 6.07) is 12.5. The van der Waals surface area contributed by atoms with Crippen molar-refractivity contribution in [3.63, 3.8) is 0 Å². The van der Waals surface area contributed by atoms with E-state index in [1.54, 1.807) is 13.8 Å². The van der Waals surface area contributed by atoms with Crippen molar-refractivity contribution < 1.29 is 14.4 Å². The van der Waals surface area contributed by atoms with Crippen molar-refractivity contribution in [3.8, 4) is 0 Å². The summed E-state index contributed by atoms with van der Waals surface area (Å²) in [5, 5.41) is 10.1. The standard InChI is InChI=1S/C19H18N4O3S/c1-19(2)17(26)21-18(27)22-15(24)10-14(23(19)22)16(25)20-13-9-5-7-11-6-3-4-8-12(11)13/h3-9,14H,10H2,1-2H3,(H,20,25)(H,21,26,27)/t14-/m0/s1. The maximum Gasteiger partial charge on any atom is 0.248 e. The summed E-state index contributed by atoms with van der Waals surface area (Å²) in [5.41, 5.74) is -0.430. The number of nitrogens with zero attached hydrogens (tertiary/aromatic N) is 2. The predicted octanol–water partition coefficient (Wildman–Crippen LogP) is 1.79. The Morgan fingerprint density at radius 1 is 1.19 bits per heavy atom. The van der Waals surface area contributed by atoms with Gasteiger partial charge >= 0.3 is 0 Å². The van der Waals surface area contributed by atoms with Crippen molar-refractivity contribution in [3.05, 3.63) is 42.5 Å². The number of carbonyl (C=O) groups is 3. The Bertz CT molecular complexity index is 998. The molecular formula is C19H18N4O3S. The molecule has 1 atom stereocenters. The molecule has 2 N–H and O–H groups in total. The average Bonchev–Trinajstić information content (AvgIpc) is 2.99. The van der Waals surface area contributed by atoms with Gasteiger partial charge in [0.15, 0.2) is 5.11 Å². The Hall–Kier alpha value is -2.84. The number of rotatable bonds is 2. The molecule has 0 bridgehead atoms.